The zero-order chi connectivity index (χ0) is 16.5. The van der Waals surface area contributed by atoms with Crippen LogP contribution < -0.4 is 5.32 Å². The second-order valence-corrected chi connectivity index (χ2v) is 6.73. The summed E-state index contributed by atoms with van der Waals surface area (Å²) in [5.74, 6) is 0. The smallest absolute Gasteiger partial charge is 0.0491 e. The molecule has 0 radical (unpaired) electrons. The van der Waals surface area contributed by atoms with E-state index in [1.165, 1.54) is 38.9 Å². The Kier molecular flexibility index (Phi) is 3.99. The Bertz CT molecular complexity index is 898. The molecular weight excluding hydrogens is 292 g/mol. The van der Waals surface area contributed by atoms with Gasteiger partial charge in [0.1, 0.15) is 0 Å². The largest absolute Gasteiger partial charge is 0.340 e. The summed E-state index contributed by atoms with van der Waals surface area (Å²) in [6, 6.07) is 17.7. The molecule has 1 aromatic heterocycles. The fourth-order valence-corrected chi connectivity index (χ4v) is 3.77. The van der Waals surface area contributed by atoms with Gasteiger partial charge in [-0.15, -0.1) is 0 Å². The van der Waals surface area contributed by atoms with E-state index in [1.807, 2.05) is 0 Å². The van der Waals surface area contributed by atoms with Gasteiger partial charge in [-0.25, -0.2) is 0 Å². The van der Waals surface area contributed by atoms with Gasteiger partial charge in [-0.05, 0) is 44.0 Å². The minimum Gasteiger partial charge on any atom is -0.340 e. The van der Waals surface area contributed by atoms with E-state index in [2.05, 4.69) is 78.3 Å². The van der Waals surface area contributed by atoms with Gasteiger partial charge < -0.3 is 9.88 Å². The van der Waals surface area contributed by atoms with Gasteiger partial charge in [0.25, 0.3) is 0 Å². The molecule has 1 N–H and O–H groups in total. The van der Waals surface area contributed by atoms with E-state index < -0.39 is 0 Å². The monoisotopic (exact) mass is 316 g/mol. The van der Waals surface area contributed by atoms with E-state index in [1.54, 1.807) is 0 Å². The lowest BCUT2D eigenvalue weighted by Crippen LogP contribution is -2.20. The van der Waals surface area contributed by atoms with Crippen molar-refractivity contribution in [3.8, 4) is 0 Å². The quantitative estimate of drug-likeness (QED) is 0.742. The number of nitrogens with zero attached hydrogens (tertiary/aromatic N) is 1. The van der Waals surface area contributed by atoms with E-state index in [4.69, 9.17) is 0 Å². The third kappa shape index (κ3) is 2.67. The Morgan fingerprint density at radius 1 is 1.00 bits per heavy atom. The molecule has 1 aliphatic heterocycles. The van der Waals surface area contributed by atoms with Gasteiger partial charge in [-0.2, -0.15) is 0 Å². The molecule has 0 unspecified atom stereocenters. The Morgan fingerprint density at radius 2 is 1.79 bits per heavy atom. The number of rotatable bonds is 3. The molecule has 24 heavy (non-hydrogen) atoms. The van der Waals surface area contributed by atoms with Gasteiger partial charge in [-0.1, -0.05) is 54.1 Å². The Labute approximate surface area is 143 Å². The van der Waals surface area contributed by atoms with Crippen LogP contribution >= 0.6 is 0 Å². The Balaban J connectivity index is 1.85. The number of hydrogen-bond donors (Lipinski definition) is 1. The third-order valence-electron chi connectivity index (χ3n) is 5.08. The van der Waals surface area contributed by atoms with E-state index in [0.717, 1.165) is 26.1 Å². The van der Waals surface area contributed by atoms with Crippen molar-refractivity contribution in [1.29, 1.82) is 0 Å². The first-order valence-electron chi connectivity index (χ1n) is 8.77. The first-order valence-corrected chi connectivity index (χ1v) is 8.77. The number of hydrogen-bond acceptors (Lipinski definition) is 1. The summed E-state index contributed by atoms with van der Waals surface area (Å²) in [5.41, 5.74) is 8.32. The zero-order valence-electron chi connectivity index (χ0n) is 14.5. The normalized spacial score (nSPS) is 14.8. The van der Waals surface area contributed by atoms with Crippen LogP contribution in [0.25, 0.3) is 16.5 Å². The van der Waals surface area contributed by atoms with Crippen molar-refractivity contribution in [3.63, 3.8) is 0 Å². The van der Waals surface area contributed by atoms with Crippen LogP contribution in [-0.2, 0) is 6.54 Å². The van der Waals surface area contributed by atoms with E-state index in [9.17, 15) is 0 Å². The highest BCUT2D eigenvalue weighted by molar-refractivity contribution is 5.95. The molecule has 0 saturated heterocycles. The maximum absolute atomic E-state index is 3.42. The lowest BCUT2D eigenvalue weighted by molar-refractivity contribution is 0.737. The average Bonchev–Trinajstić information content (AvgIpc) is 2.90. The summed E-state index contributed by atoms with van der Waals surface area (Å²) < 4.78 is 2.47. The zero-order valence-corrected chi connectivity index (χ0v) is 14.5. The molecule has 2 heterocycles. The molecule has 2 aromatic carbocycles. The summed E-state index contributed by atoms with van der Waals surface area (Å²) in [4.78, 5) is 0. The van der Waals surface area contributed by atoms with E-state index in [-0.39, 0.29) is 0 Å². The molecule has 0 spiro atoms. The van der Waals surface area contributed by atoms with Gasteiger partial charge in [-0.3, -0.25) is 0 Å². The molecule has 122 valence electrons. The highest BCUT2D eigenvalue weighted by Gasteiger charge is 2.18. The summed E-state index contributed by atoms with van der Waals surface area (Å²) in [5, 5.41) is 4.81. The minimum atomic E-state index is 0.929. The topological polar surface area (TPSA) is 17.0 Å². The Hall–Kier alpha value is -2.32. The summed E-state index contributed by atoms with van der Waals surface area (Å²) in [7, 11) is 0. The second-order valence-electron chi connectivity index (χ2n) is 6.73. The van der Waals surface area contributed by atoms with Crippen molar-refractivity contribution < 1.29 is 0 Å². The first-order chi connectivity index (χ1) is 11.7. The number of aromatic nitrogens is 1. The van der Waals surface area contributed by atoms with Crippen LogP contribution in [0.3, 0.4) is 0 Å². The van der Waals surface area contributed by atoms with Crippen molar-refractivity contribution in [2.24, 2.45) is 0 Å². The predicted octanol–water partition coefficient (Wildman–Crippen LogP) is 4.68. The van der Waals surface area contributed by atoms with E-state index >= 15 is 0 Å². The minimum absolute atomic E-state index is 0.929. The summed E-state index contributed by atoms with van der Waals surface area (Å²) >= 11 is 0. The molecule has 0 saturated carbocycles. The van der Waals surface area contributed by atoms with Gasteiger partial charge in [0.2, 0.25) is 0 Å². The number of aryl methyl sites for hydroxylation is 1. The van der Waals surface area contributed by atoms with Crippen LogP contribution in [0.15, 0.2) is 54.6 Å². The maximum atomic E-state index is 3.42. The van der Waals surface area contributed by atoms with Crippen molar-refractivity contribution in [1.82, 2.24) is 9.88 Å². The summed E-state index contributed by atoms with van der Waals surface area (Å²) in [6.07, 6.45) is 3.47. The number of benzene rings is 2. The highest BCUT2D eigenvalue weighted by atomic mass is 15.0. The summed E-state index contributed by atoms with van der Waals surface area (Å²) in [6.45, 7) is 7.39. The fraction of sp³-hybridized carbons (Fsp3) is 0.273. The Morgan fingerprint density at radius 3 is 2.54 bits per heavy atom. The van der Waals surface area contributed by atoms with Gasteiger partial charge in [0.05, 0.1) is 0 Å². The number of nitrogens with one attached hydrogen (secondary N) is 1. The average molecular weight is 316 g/mol. The number of fused-ring (bicyclic) bond motifs is 1. The van der Waals surface area contributed by atoms with Crippen molar-refractivity contribution in [2.45, 2.75) is 26.8 Å². The van der Waals surface area contributed by atoms with Crippen LogP contribution in [0.2, 0.25) is 0 Å². The first kappa shape index (κ1) is 15.2. The second kappa shape index (κ2) is 6.29. The molecule has 0 bridgehead atoms. The van der Waals surface area contributed by atoms with Crippen LogP contribution in [0.1, 0.15) is 28.8 Å². The van der Waals surface area contributed by atoms with Crippen LogP contribution in [-0.4, -0.2) is 17.7 Å². The standard InChI is InChI=1S/C22H24N2/c1-16-7-9-18(10-8-16)15-24-17(2)22(19-11-13-23-14-12-19)20-5-3-4-6-21(20)24/h3-11,23H,12-15H2,1-2H3. The molecule has 3 aromatic rings. The third-order valence-corrected chi connectivity index (χ3v) is 5.08. The molecular formula is C22H24N2. The molecule has 0 fully saturated rings. The van der Waals surface area contributed by atoms with Crippen LogP contribution in [0, 0.1) is 13.8 Å². The van der Waals surface area contributed by atoms with E-state index in [0.29, 0.717) is 0 Å². The molecule has 1 aliphatic rings. The van der Waals surface area contributed by atoms with Gasteiger partial charge in [0, 0.05) is 35.2 Å². The molecule has 2 nitrogen and oxygen atoms in total. The van der Waals surface area contributed by atoms with Gasteiger partial charge >= 0.3 is 0 Å². The van der Waals surface area contributed by atoms with Crippen molar-refractivity contribution in [3.05, 3.63) is 77.0 Å². The lowest BCUT2D eigenvalue weighted by atomic mass is 9.97. The molecule has 0 atom stereocenters. The molecule has 4 rings (SSSR count). The predicted molar refractivity (Wildman–Crippen MR) is 102 cm³/mol. The number of para-hydroxylation sites is 1. The lowest BCUT2D eigenvalue weighted by Gasteiger charge is -2.15. The maximum Gasteiger partial charge on any atom is 0.0491 e. The van der Waals surface area contributed by atoms with Crippen LogP contribution in [0.4, 0.5) is 0 Å². The van der Waals surface area contributed by atoms with Crippen molar-refractivity contribution >= 4 is 16.5 Å². The van der Waals surface area contributed by atoms with Crippen molar-refractivity contribution in [2.75, 3.05) is 13.1 Å². The molecule has 0 aliphatic carbocycles. The SMILES string of the molecule is Cc1ccc(Cn2c(C)c(C3=CCNCC3)c3ccccc32)cc1. The van der Waals surface area contributed by atoms with Gasteiger partial charge in [0.15, 0.2) is 0 Å². The highest BCUT2D eigenvalue weighted by Crippen LogP contribution is 2.34. The molecule has 2 heteroatoms. The van der Waals surface area contributed by atoms with Crippen LogP contribution in [0.5, 0.6) is 0 Å². The fourth-order valence-electron chi connectivity index (χ4n) is 3.77. The molecule has 0 amide bonds.